The van der Waals surface area contributed by atoms with E-state index in [2.05, 4.69) is 0 Å². The van der Waals surface area contributed by atoms with Gasteiger partial charge in [-0.15, -0.1) is 0 Å². The SMILES string of the molecule is CC1(CO[Si](C)(C)C)COB(c2cc(C(F)(F)F)cc(C(F)(F)F)c2)OC1. The third-order valence-corrected chi connectivity index (χ3v) is 4.91. The average Bonchev–Trinajstić information content (AvgIpc) is 2.51. The van der Waals surface area contributed by atoms with Crippen molar-refractivity contribution in [3.63, 3.8) is 0 Å². The lowest BCUT2D eigenvalue weighted by atomic mass is 9.74. The second-order valence-electron chi connectivity index (χ2n) is 8.00. The van der Waals surface area contributed by atoms with Crippen LogP contribution in [0.2, 0.25) is 19.6 Å². The van der Waals surface area contributed by atoms with Crippen molar-refractivity contribution in [2.24, 2.45) is 5.41 Å². The highest BCUT2D eigenvalue weighted by atomic mass is 28.4. The molecule has 1 saturated heterocycles. The molecule has 0 radical (unpaired) electrons. The second-order valence-corrected chi connectivity index (χ2v) is 12.5. The van der Waals surface area contributed by atoms with Crippen LogP contribution in [0.1, 0.15) is 18.1 Å². The first kappa shape index (κ1) is 22.3. The fourth-order valence-electron chi connectivity index (χ4n) is 2.43. The Kier molecular flexibility index (Phi) is 6.11. The first-order chi connectivity index (χ1) is 12.1. The van der Waals surface area contributed by atoms with Crippen molar-refractivity contribution < 1.29 is 40.1 Å². The molecule has 11 heteroatoms. The van der Waals surface area contributed by atoms with E-state index in [9.17, 15) is 26.3 Å². The third kappa shape index (κ3) is 6.23. The summed E-state index contributed by atoms with van der Waals surface area (Å²) in [6.45, 7) is 8.38. The van der Waals surface area contributed by atoms with Crippen LogP contribution in [0.5, 0.6) is 0 Å². The normalized spacial score (nSPS) is 18.7. The molecule has 27 heavy (non-hydrogen) atoms. The molecule has 1 aliphatic rings. The highest BCUT2D eigenvalue weighted by Gasteiger charge is 2.42. The van der Waals surface area contributed by atoms with E-state index in [4.69, 9.17) is 13.7 Å². The van der Waals surface area contributed by atoms with Crippen LogP contribution in [-0.2, 0) is 26.1 Å². The predicted octanol–water partition coefficient (Wildman–Crippen LogP) is 4.32. The van der Waals surface area contributed by atoms with Crippen molar-refractivity contribution in [2.75, 3.05) is 19.8 Å². The van der Waals surface area contributed by atoms with Crippen LogP contribution < -0.4 is 5.46 Å². The van der Waals surface area contributed by atoms with Crippen molar-refractivity contribution in [3.8, 4) is 0 Å². The Labute approximate surface area is 155 Å². The van der Waals surface area contributed by atoms with E-state index in [0.29, 0.717) is 18.7 Å². The average molecular weight is 414 g/mol. The molecule has 1 aromatic rings. The summed E-state index contributed by atoms with van der Waals surface area (Å²) in [5, 5.41) is 0. The first-order valence-corrected chi connectivity index (χ1v) is 11.7. The number of hydrogen-bond acceptors (Lipinski definition) is 3. The lowest BCUT2D eigenvalue weighted by Crippen LogP contribution is -2.51. The number of benzene rings is 1. The molecule has 0 unspecified atom stereocenters. The summed E-state index contributed by atoms with van der Waals surface area (Å²) in [4.78, 5) is 0. The van der Waals surface area contributed by atoms with E-state index in [-0.39, 0.29) is 24.7 Å². The molecule has 1 aromatic carbocycles. The topological polar surface area (TPSA) is 27.7 Å². The van der Waals surface area contributed by atoms with Gasteiger partial charge in [0.15, 0.2) is 8.32 Å². The minimum atomic E-state index is -4.91. The van der Waals surface area contributed by atoms with Crippen molar-refractivity contribution in [3.05, 3.63) is 29.3 Å². The van der Waals surface area contributed by atoms with Crippen molar-refractivity contribution in [1.82, 2.24) is 0 Å². The van der Waals surface area contributed by atoms with Crippen LogP contribution in [0.3, 0.4) is 0 Å². The van der Waals surface area contributed by atoms with Crippen LogP contribution in [0, 0.1) is 5.41 Å². The summed E-state index contributed by atoms with van der Waals surface area (Å²) in [5.41, 5.74) is -3.62. The highest BCUT2D eigenvalue weighted by Crippen LogP contribution is 2.35. The zero-order chi connectivity index (χ0) is 20.7. The first-order valence-electron chi connectivity index (χ1n) is 8.26. The monoisotopic (exact) mass is 414 g/mol. The molecule has 0 atom stereocenters. The minimum absolute atomic E-state index is 0.0816. The molecule has 1 aliphatic heterocycles. The summed E-state index contributed by atoms with van der Waals surface area (Å²) >= 11 is 0. The molecule has 0 N–H and O–H groups in total. The van der Waals surface area contributed by atoms with Crippen LogP contribution in [-0.4, -0.2) is 35.3 Å². The van der Waals surface area contributed by atoms with Gasteiger partial charge in [-0.1, -0.05) is 19.1 Å². The van der Waals surface area contributed by atoms with Crippen molar-refractivity contribution >= 4 is 20.9 Å². The Morgan fingerprint density at radius 3 is 1.78 bits per heavy atom. The number of hydrogen-bond donors (Lipinski definition) is 0. The molecule has 0 spiro atoms. The minimum Gasteiger partial charge on any atom is -0.417 e. The Hall–Kier alpha value is -1.04. The number of rotatable bonds is 4. The molecule has 0 aromatic heterocycles. The van der Waals surface area contributed by atoms with E-state index in [0.717, 1.165) is 0 Å². The summed E-state index contributed by atoms with van der Waals surface area (Å²) in [6.07, 6.45) is -9.82. The zero-order valence-corrected chi connectivity index (χ0v) is 16.4. The van der Waals surface area contributed by atoms with Gasteiger partial charge in [-0.05, 0) is 31.2 Å². The van der Waals surface area contributed by atoms with E-state index in [1.54, 1.807) is 0 Å². The van der Waals surface area contributed by atoms with Crippen LogP contribution >= 0.6 is 0 Å². The number of halogens is 6. The molecular weight excluding hydrogens is 393 g/mol. The Morgan fingerprint density at radius 1 is 0.963 bits per heavy atom. The van der Waals surface area contributed by atoms with Gasteiger partial charge < -0.3 is 13.7 Å². The van der Waals surface area contributed by atoms with Gasteiger partial charge in [-0.25, -0.2) is 0 Å². The lowest BCUT2D eigenvalue weighted by Gasteiger charge is -2.38. The van der Waals surface area contributed by atoms with Crippen LogP contribution in [0.4, 0.5) is 26.3 Å². The quantitative estimate of drug-likeness (QED) is 0.543. The maximum atomic E-state index is 13.0. The third-order valence-electron chi connectivity index (χ3n) is 3.90. The molecule has 2 rings (SSSR count). The number of alkyl halides is 6. The molecule has 0 bridgehead atoms. The van der Waals surface area contributed by atoms with Gasteiger partial charge >= 0.3 is 19.5 Å². The summed E-state index contributed by atoms with van der Waals surface area (Å²) in [7, 11) is -3.08. The van der Waals surface area contributed by atoms with E-state index in [1.165, 1.54) is 0 Å². The van der Waals surface area contributed by atoms with E-state index >= 15 is 0 Å². The lowest BCUT2D eigenvalue weighted by molar-refractivity contribution is -0.143. The van der Waals surface area contributed by atoms with Crippen LogP contribution in [0.25, 0.3) is 0 Å². The van der Waals surface area contributed by atoms with Gasteiger partial charge in [-0.2, -0.15) is 26.3 Å². The molecule has 3 nitrogen and oxygen atoms in total. The standard InChI is InChI=1S/C16H21BF6O3Si/c1-14(10-26-27(2,3)4)8-24-17(25-9-14)13-6-11(15(18,19)20)5-12(7-13)16(21,22)23/h5-7H,8-10H2,1-4H3. The van der Waals surface area contributed by atoms with Gasteiger partial charge in [-0.3, -0.25) is 0 Å². The fraction of sp³-hybridized carbons (Fsp3) is 0.625. The van der Waals surface area contributed by atoms with Crippen molar-refractivity contribution in [2.45, 2.75) is 38.9 Å². The molecule has 0 aliphatic carbocycles. The second kappa shape index (κ2) is 7.42. The zero-order valence-electron chi connectivity index (χ0n) is 15.4. The largest absolute Gasteiger partial charge is 0.493 e. The maximum Gasteiger partial charge on any atom is 0.493 e. The molecule has 1 fully saturated rings. The molecule has 1 heterocycles. The van der Waals surface area contributed by atoms with Gasteiger partial charge in [0.2, 0.25) is 0 Å². The molecule has 152 valence electrons. The van der Waals surface area contributed by atoms with Gasteiger partial charge in [0.05, 0.1) is 11.1 Å². The molecule has 0 amide bonds. The Balaban J connectivity index is 2.20. The van der Waals surface area contributed by atoms with E-state index in [1.807, 2.05) is 26.6 Å². The van der Waals surface area contributed by atoms with Gasteiger partial charge in [0.1, 0.15) is 0 Å². The Bertz CT molecular complexity index is 631. The fourth-order valence-corrected chi connectivity index (χ4v) is 3.21. The molecule has 0 saturated carbocycles. The van der Waals surface area contributed by atoms with Crippen LogP contribution in [0.15, 0.2) is 18.2 Å². The van der Waals surface area contributed by atoms with Crippen molar-refractivity contribution in [1.29, 1.82) is 0 Å². The summed E-state index contributed by atoms with van der Waals surface area (Å²) < 4.78 is 94.6. The summed E-state index contributed by atoms with van der Waals surface area (Å²) in [5.74, 6) is 0. The van der Waals surface area contributed by atoms with E-state index < -0.39 is 44.3 Å². The van der Waals surface area contributed by atoms with Gasteiger partial charge in [0.25, 0.3) is 0 Å². The predicted molar refractivity (Wildman–Crippen MR) is 91.1 cm³/mol. The molecular formula is C16H21BF6O3Si. The smallest absolute Gasteiger partial charge is 0.417 e. The maximum absolute atomic E-state index is 13.0. The summed E-state index contributed by atoms with van der Waals surface area (Å²) in [6, 6.07) is 1.33. The highest BCUT2D eigenvalue weighted by molar-refractivity contribution is 6.69. The Morgan fingerprint density at radius 2 is 1.41 bits per heavy atom. The van der Waals surface area contributed by atoms with Gasteiger partial charge in [0, 0.05) is 25.2 Å².